The molecule has 2 heterocycles. The molecular formula is C64H146N16O23S. The van der Waals surface area contributed by atoms with E-state index in [0.29, 0.717) is 63.3 Å². The minimum absolute atomic E-state index is 0. The molecule has 626 valence electrons. The number of rotatable bonds is 61. The first kappa shape index (κ1) is 67.7. The first-order valence-electron chi connectivity index (χ1n) is 51.2. The molecule has 0 unspecified atom stereocenters. The van der Waals surface area contributed by atoms with Crippen molar-refractivity contribution in [1.82, 2.24) is 74.4 Å². The van der Waals surface area contributed by atoms with E-state index in [1.165, 1.54) is 0 Å². The lowest BCUT2D eigenvalue weighted by molar-refractivity contribution is -0.133. The zero-order valence-electron chi connectivity index (χ0n) is 91.5. The Morgan fingerprint density at radius 3 is 1.29 bits per heavy atom. The van der Waals surface area contributed by atoms with Gasteiger partial charge in [0.25, 0.3) is 0 Å². The molecule has 0 saturated carbocycles. The average molecular weight is 1570 g/mol. The molecule has 0 spiro atoms. The van der Waals surface area contributed by atoms with Gasteiger partial charge in [-0.1, -0.05) is 39.5 Å². The summed E-state index contributed by atoms with van der Waals surface area (Å²) in [6, 6.07) is -6.68. The van der Waals surface area contributed by atoms with Crippen molar-refractivity contribution in [1.29, 1.82) is 0 Å². The van der Waals surface area contributed by atoms with Gasteiger partial charge in [-0.05, 0) is 64.2 Å². The molecular weight excluding hydrogens is 1390 g/mol. The van der Waals surface area contributed by atoms with Crippen LogP contribution in [0.3, 0.4) is 0 Å². The highest BCUT2D eigenvalue weighted by atomic mass is 32.2. The normalized spacial score (nSPS) is 17.6. The fourth-order valence-electron chi connectivity index (χ4n) is 10.1. The molecule has 16 amide bonds. The molecule has 2 saturated heterocycles. The summed E-state index contributed by atoms with van der Waals surface area (Å²) in [7, 11) is 0. The van der Waals surface area contributed by atoms with E-state index in [2.05, 4.69) is 74.4 Å². The molecule has 10 atom stereocenters. The van der Waals surface area contributed by atoms with Gasteiger partial charge in [0.15, 0.2) is 0 Å². The summed E-state index contributed by atoms with van der Waals surface area (Å²) in [5.74, 6) is -9.12. The van der Waals surface area contributed by atoms with Crippen molar-refractivity contribution >= 4 is 100 Å². The van der Waals surface area contributed by atoms with Gasteiger partial charge in [0.1, 0.15) is 43.4 Å². The summed E-state index contributed by atoms with van der Waals surface area (Å²) in [4.78, 5) is 186. The minimum atomic E-state index is -1.57. The number of fused-ring (bicyclic) bond motifs is 1. The fourth-order valence-corrected chi connectivity index (χ4v) is 11.6. The highest BCUT2D eigenvalue weighted by Crippen LogP contribution is 2.33. The maximum Gasteiger partial charge on any atom is 0.315 e. The van der Waals surface area contributed by atoms with Crippen LogP contribution in [0, 0.1) is 11.8 Å². The first-order valence-corrected chi connectivity index (χ1v) is 36.3. The Bertz CT molecular complexity index is 2820. The highest BCUT2D eigenvalue weighted by Gasteiger charge is 2.42. The SMILES string of the molecule is C[C@@H](CCCCNC(=O)[C@H](CO)NC(=O)CNC(=O)[C@H](CO)NC(=O)CCCC(=O)N[C@@H](CO)C(=O)NCC(=O)N[C@@H](CO)C(=O)NCCCC[C@H](NC(=O)COCCOCCNC(=O)COCCOCCNC(=O)CCCCC[C@@H]1SC[C@@H]2NC(=O)N[C@@H]21)C(=O)NCCCC[C@H](C)C(N)=O)C(N)=O.[2HH].[2H][2H].[2H][2H].[2H][2H].[2H][2H].[2H][2H].[2H][2H].[2H][2H].[2H][2H].[2H][2H].[2H][2H].[2H][2H].[2H][2H].[2H][2H].[2H][2H].[2H][2H].[2H][2H]. The van der Waals surface area contributed by atoms with Crippen LogP contribution in [0.4, 0.5) is 4.79 Å². The van der Waals surface area contributed by atoms with Crippen LogP contribution >= 0.6 is 11.8 Å². The largest absolute Gasteiger partial charge is 0.394 e. The summed E-state index contributed by atoms with van der Waals surface area (Å²) in [5, 5.41) is 74.7. The smallest absolute Gasteiger partial charge is 0.315 e. The molecule has 0 aliphatic carbocycles. The maximum atomic E-state index is 13.3. The van der Waals surface area contributed by atoms with Crippen molar-refractivity contribution in [2.45, 2.75) is 171 Å². The number of nitrogens with one attached hydrogen (secondary N) is 14. The van der Waals surface area contributed by atoms with Crippen LogP contribution in [-0.4, -0.2) is 288 Å². The van der Waals surface area contributed by atoms with E-state index in [0.717, 1.165) is 31.4 Å². The zero-order chi connectivity index (χ0) is 109. The molecule has 0 aromatic carbocycles. The Balaban J connectivity index is -0.000000285. The van der Waals surface area contributed by atoms with Crippen molar-refractivity contribution in [3.05, 3.63) is 0 Å². The van der Waals surface area contributed by atoms with Crippen molar-refractivity contribution in [2.24, 2.45) is 23.3 Å². The van der Waals surface area contributed by atoms with Gasteiger partial charge in [-0.15, -0.1) is 0 Å². The lowest BCUT2D eigenvalue weighted by Gasteiger charge is -2.20. The van der Waals surface area contributed by atoms with Gasteiger partial charge in [0.05, 0.1) is 91.2 Å². The number of primary amides is 2. The summed E-state index contributed by atoms with van der Waals surface area (Å²) in [6.07, 6.45) is 7.13. The molecule has 0 aromatic rings. The van der Waals surface area contributed by atoms with E-state index in [9.17, 15) is 92.3 Å². The Morgan fingerprint density at radius 2 is 0.827 bits per heavy atom. The second-order valence-corrected chi connectivity index (χ2v) is 26.1. The number of aliphatic hydroxyl groups excluding tert-OH is 4. The molecule has 0 aromatic heterocycles. The number of carbonyl (C=O) groups is 15. The van der Waals surface area contributed by atoms with E-state index >= 15 is 0 Å². The molecule has 104 heavy (non-hydrogen) atoms. The van der Waals surface area contributed by atoms with E-state index in [1.54, 1.807) is 13.8 Å². The van der Waals surface area contributed by atoms with E-state index in [-0.39, 0.29) is 148 Å². The van der Waals surface area contributed by atoms with Crippen molar-refractivity contribution in [2.75, 3.05) is 131 Å². The molecule has 2 aliphatic heterocycles. The number of thioether (sulfide) groups is 1. The Labute approximate surface area is 659 Å². The van der Waals surface area contributed by atoms with Crippen LogP contribution in [0.1, 0.15) is 172 Å². The van der Waals surface area contributed by atoms with E-state index in [4.69, 9.17) is 77.9 Å². The molecule has 2 rings (SSSR count). The second-order valence-electron chi connectivity index (χ2n) is 24.8. The third-order valence-corrected chi connectivity index (χ3v) is 17.7. The van der Waals surface area contributed by atoms with Gasteiger partial charge in [-0.2, -0.15) is 11.8 Å². The number of ether oxygens (including phenoxy) is 4. The summed E-state index contributed by atoms with van der Waals surface area (Å²) >= 11 is 1.88. The molecule has 40 heteroatoms. The quantitative estimate of drug-likeness (QED) is 0.0207. The lowest BCUT2D eigenvalue weighted by Crippen LogP contribution is -2.54. The zero-order valence-corrected chi connectivity index (χ0v) is 60.4. The van der Waals surface area contributed by atoms with Gasteiger partial charge >= 0.3 is 6.03 Å². The first-order chi connectivity index (χ1) is 65.8. The summed E-state index contributed by atoms with van der Waals surface area (Å²) in [6.45, 7) is -0.327. The standard InChI is InChI=1S/C64H112N16O23S.17H2/c1-40(57(65)92)13-6-9-20-69-59(94)42(74-55(91)38-103-30-28-101-26-24-68-54(90)37-102-29-27-100-25-23-67-49(85)17-5-3-4-16-48-56-47(39-104-48)79-64(99)80-56)15-8-11-22-71-61(96)44(34-82)78-53(89)32-73-63(98)46(36-84)76-51(87)19-12-18-50(86)75-45(35-83)62(97)72-31-52(88)77-43(33-81)60(95)70-21-10-7-14-41(2)58(66)93;;;;;;;;;;;;;;;;;/h40-48,56,81-84H,3-39H2,1-2H3,(H2,65,92)(H2,66,93)(H,67,85)(H,68,90)(H,69,94)(H,70,95)(H,71,96)(H,72,97)(H,73,98)(H,74,91)(H,75,86)(H,76,87)(H,77,88)(H,78,89)(H2,79,80,99);17*1H/t40-,41-,42-,43-,44-,45-,46-,47-,48-,56-;;;;;;;;;;;;;;;;;/m0................./s1/i;16*1+1D;1+1. The van der Waals surface area contributed by atoms with Crippen LogP contribution < -0.4 is 85.9 Å². The van der Waals surface area contributed by atoms with Gasteiger partial charge in [-0.3, -0.25) is 67.1 Å². The van der Waals surface area contributed by atoms with Crippen LogP contribution in [-0.2, 0) is 86.1 Å². The predicted molar refractivity (Wildman–Crippen MR) is 409 cm³/mol. The van der Waals surface area contributed by atoms with Crippen LogP contribution in [0.5, 0.6) is 0 Å². The molecule has 2 fully saturated rings. The van der Waals surface area contributed by atoms with Crippen LogP contribution in [0.2, 0.25) is 0 Å². The number of hydrogen-bond donors (Lipinski definition) is 20. The number of amides is 16. The molecule has 22 N–H and O–H groups in total. The Kier molecular flexibility index (Phi) is 36.1. The van der Waals surface area contributed by atoms with Crippen LogP contribution in [0.15, 0.2) is 0 Å². The van der Waals surface area contributed by atoms with Gasteiger partial charge in [0, 0.05) is 124 Å². The lowest BCUT2D eigenvalue weighted by atomic mass is 10.0. The third kappa shape index (κ3) is 42.0. The van der Waals surface area contributed by atoms with Crippen molar-refractivity contribution in [3.63, 3.8) is 0 Å². The van der Waals surface area contributed by atoms with E-state index < -0.39 is 147 Å². The van der Waals surface area contributed by atoms with Crippen LogP contribution in [0.25, 0.3) is 0 Å². The number of urea groups is 1. The summed E-state index contributed by atoms with van der Waals surface area (Å²) < 4.78 is 182. The number of nitrogens with two attached hydrogens (primary N) is 2. The highest BCUT2D eigenvalue weighted by molar-refractivity contribution is 8.00. The summed E-state index contributed by atoms with van der Waals surface area (Å²) in [5.41, 5.74) is 10.6. The Hall–Kier alpha value is -8.12. The second kappa shape index (κ2) is 55.4. The van der Waals surface area contributed by atoms with Crippen molar-refractivity contribution in [3.8, 4) is 0 Å². The van der Waals surface area contributed by atoms with Crippen molar-refractivity contribution < 1.29 is 160 Å². The van der Waals surface area contributed by atoms with Gasteiger partial charge in [-0.25, -0.2) is 4.79 Å². The van der Waals surface area contributed by atoms with E-state index in [1.807, 2.05) is 11.8 Å². The maximum absolute atomic E-state index is 13.3. The molecule has 2 aliphatic rings. The fraction of sp³-hybridized carbons (Fsp3) is 0.766. The third-order valence-electron chi connectivity index (χ3n) is 16.2. The average Bonchev–Trinajstić information content (AvgIpc) is 1.67. The van der Waals surface area contributed by atoms with Gasteiger partial charge < -0.3 is 125 Å². The monoisotopic (exact) mass is 1570 g/mol. The minimum Gasteiger partial charge on any atom is -0.394 e. The number of hydrogen-bond acceptors (Lipinski definition) is 24. The molecule has 0 bridgehead atoms. The number of unbranched alkanes of at least 4 members (excludes halogenated alkanes) is 5. The topological polar surface area (TPSA) is 594 Å². The Morgan fingerprint density at radius 1 is 0.433 bits per heavy atom. The molecule has 39 nitrogen and oxygen atoms in total. The molecule has 0 radical (unpaired) electrons. The van der Waals surface area contributed by atoms with Gasteiger partial charge in [0.2, 0.25) is 82.7 Å². The predicted octanol–water partition coefficient (Wildman–Crippen LogP) is -3.52. The number of carbonyl (C=O) groups excluding carboxylic acids is 15. The number of aliphatic hydroxyl groups is 4.